The molecule has 0 saturated carbocycles. The molecule has 2 radical (unpaired) electrons. The normalized spacial score (nSPS) is 10.1. The molecule has 2 rings (SSSR count). The van der Waals surface area contributed by atoms with E-state index in [0.717, 1.165) is 12.1 Å². The molecule has 28 heavy (non-hydrogen) atoms. The van der Waals surface area contributed by atoms with Crippen LogP contribution in [0, 0.1) is 0 Å². The zero-order valence-electron chi connectivity index (χ0n) is 15.7. The van der Waals surface area contributed by atoms with E-state index in [1.165, 1.54) is 24.3 Å². The third kappa shape index (κ3) is 9.90. The molecule has 0 aliphatic carbocycles. The third-order valence-corrected chi connectivity index (χ3v) is 4.99. The van der Waals surface area contributed by atoms with Crippen LogP contribution < -0.4 is 0 Å². The van der Waals surface area contributed by atoms with Crippen molar-refractivity contribution in [1.82, 2.24) is 0 Å². The standard InChI is InChI=1S/C12H8Cl2O6S2.2C2H6.2Y/c13-7-1-3-9(11(5-7)21(15,16)17)10-4-2-8(14)6-12(10)22(18,19)20;2*1-2;;/h1-6H,(H,15,16,17)(H,18,19,20);2*1-2H3;;. The Morgan fingerprint density at radius 3 is 1.11 bits per heavy atom. The van der Waals surface area contributed by atoms with Crippen LogP contribution >= 0.6 is 23.2 Å². The van der Waals surface area contributed by atoms with E-state index in [1.54, 1.807) is 0 Å². The van der Waals surface area contributed by atoms with Crippen LogP contribution in [0.3, 0.4) is 0 Å². The van der Waals surface area contributed by atoms with Gasteiger partial charge in [-0.15, -0.1) is 0 Å². The Bertz CT molecular complexity index is 886. The molecule has 0 fully saturated rings. The molecule has 12 heteroatoms. The minimum Gasteiger partial charge on any atom is -0.282 e. The maximum absolute atomic E-state index is 11.5. The van der Waals surface area contributed by atoms with Crippen LogP contribution in [0.5, 0.6) is 0 Å². The van der Waals surface area contributed by atoms with Gasteiger partial charge in [0.15, 0.2) is 0 Å². The fraction of sp³-hybridized carbons (Fsp3) is 0.250. The van der Waals surface area contributed by atoms with Gasteiger partial charge in [-0.05, 0) is 24.3 Å². The van der Waals surface area contributed by atoms with Crippen LogP contribution in [0.2, 0.25) is 10.0 Å². The van der Waals surface area contributed by atoms with Crippen LogP contribution in [0.15, 0.2) is 46.2 Å². The molecule has 0 saturated heterocycles. The second-order valence-electron chi connectivity index (χ2n) is 4.23. The van der Waals surface area contributed by atoms with Crippen molar-refractivity contribution in [1.29, 1.82) is 0 Å². The predicted molar refractivity (Wildman–Crippen MR) is 104 cm³/mol. The molecule has 0 aliphatic heterocycles. The molecule has 6 nitrogen and oxygen atoms in total. The summed E-state index contributed by atoms with van der Waals surface area (Å²) in [6, 6.07) is 6.98. The SMILES string of the molecule is CC.CC.O=S(=O)(O)c1cc(Cl)ccc1-c1ccc(Cl)cc1S(=O)(=O)O.[Y].[Y]. The summed E-state index contributed by atoms with van der Waals surface area (Å²) in [6.45, 7) is 8.00. The summed E-state index contributed by atoms with van der Waals surface area (Å²) in [7, 11) is -9.34. The summed E-state index contributed by atoms with van der Waals surface area (Å²) in [5, 5.41) is 0.0532. The molecule has 0 atom stereocenters. The quantitative estimate of drug-likeness (QED) is 0.457. The molecule has 0 unspecified atom stereocenters. The van der Waals surface area contributed by atoms with Crippen LogP contribution in [0.1, 0.15) is 27.7 Å². The van der Waals surface area contributed by atoms with Gasteiger partial charge >= 0.3 is 0 Å². The van der Waals surface area contributed by atoms with Crippen molar-refractivity contribution in [2.45, 2.75) is 37.5 Å². The van der Waals surface area contributed by atoms with Crippen LogP contribution in [-0.4, -0.2) is 25.9 Å². The Labute approximate surface area is 227 Å². The molecule has 0 heterocycles. The fourth-order valence-corrected chi connectivity index (χ4v) is 3.80. The van der Waals surface area contributed by atoms with Gasteiger partial charge in [-0.3, -0.25) is 9.11 Å². The number of halogens is 2. The van der Waals surface area contributed by atoms with E-state index in [0.29, 0.717) is 0 Å². The summed E-state index contributed by atoms with van der Waals surface area (Å²) >= 11 is 11.4. The van der Waals surface area contributed by atoms with Gasteiger partial charge in [0.25, 0.3) is 20.2 Å². The van der Waals surface area contributed by atoms with Crippen molar-refractivity contribution in [2.75, 3.05) is 0 Å². The molecule has 0 spiro atoms. The number of benzene rings is 2. The summed E-state index contributed by atoms with van der Waals surface area (Å²) in [5.74, 6) is 0. The average Bonchev–Trinajstić information content (AvgIpc) is 2.57. The van der Waals surface area contributed by atoms with Gasteiger partial charge in [-0.25, -0.2) is 0 Å². The fourth-order valence-electron chi connectivity index (χ4n) is 1.86. The summed E-state index contributed by atoms with van der Waals surface area (Å²) in [4.78, 5) is -1.18. The van der Waals surface area contributed by atoms with Crippen LogP contribution in [-0.2, 0) is 85.7 Å². The minimum atomic E-state index is -4.67. The molecule has 2 aromatic rings. The molecule has 0 bridgehead atoms. The van der Waals surface area contributed by atoms with Crippen molar-refractivity contribution in [2.24, 2.45) is 0 Å². The van der Waals surface area contributed by atoms with Gasteiger partial charge in [0.2, 0.25) is 0 Å². The first kappa shape index (κ1) is 33.7. The second-order valence-corrected chi connectivity index (χ2v) is 7.88. The second kappa shape index (κ2) is 14.9. The topological polar surface area (TPSA) is 109 Å². The van der Waals surface area contributed by atoms with Gasteiger partial charge in [-0.2, -0.15) is 16.8 Å². The molecular weight excluding hydrogens is 601 g/mol. The molecule has 0 aliphatic rings. The van der Waals surface area contributed by atoms with Crippen molar-refractivity contribution < 1.29 is 91.4 Å². The van der Waals surface area contributed by atoms with Gasteiger partial charge in [-0.1, -0.05) is 63.0 Å². The number of hydrogen-bond donors (Lipinski definition) is 2. The summed E-state index contributed by atoms with van der Waals surface area (Å²) < 4.78 is 64.4. The molecule has 2 aromatic carbocycles. The first-order chi connectivity index (χ1) is 12.0. The van der Waals surface area contributed by atoms with E-state index in [2.05, 4.69) is 0 Å². The summed E-state index contributed by atoms with van der Waals surface area (Å²) in [5.41, 5.74) is -0.285. The van der Waals surface area contributed by atoms with E-state index in [4.69, 9.17) is 23.2 Å². The zero-order valence-corrected chi connectivity index (χ0v) is 24.5. The van der Waals surface area contributed by atoms with Crippen molar-refractivity contribution in [3.8, 4) is 11.1 Å². The third-order valence-electron chi connectivity index (χ3n) is 2.73. The maximum Gasteiger partial charge on any atom is 0.295 e. The minimum absolute atomic E-state index is 0. The largest absolute Gasteiger partial charge is 0.295 e. The Hall–Kier alpha value is 1.05. The van der Waals surface area contributed by atoms with Crippen LogP contribution in [0.4, 0.5) is 0 Å². The van der Waals surface area contributed by atoms with E-state index in [1.807, 2.05) is 27.7 Å². The van der Waals surface area contributed by atoms with Crippen molar-refractivity contribution >= 4 is 43.4 Å². The van der Waals surface area contributed by atoms with E-state index < -0.39 is 30.0 Å². The number of rotatable bonds is 3. The number of hydrogen-bond acceptors (Lipinski definition) is 4. The Morgan fingerprint density at radius 2 is 0.893 bits per heavy atom. The molecule has 152 valence electrons. The van der Waals surface area contributed by atoms with Gasteiger partial charge in [0.1, 0.15) is 9.79 Å². The zero-order chi connectivity index (χ0) is 20.7. The Kier molecular flexibility index (Phi) is 18.0. The predicted octanol–water partition coefficient (Wildman–Crippen LogP) is 5.20. The van der Waals surface area contributed by atoms with Crippen molar-refractivity contribution in [3.63, 3.8) is 0 Å². The van der Waals surface area contributed by atoms with E-state index in [9.17, 15) is 25.9 Å². The molecule has 0 aromatic heterocycles. The van der Waals surface area contributed by atoms with Gasteiger partial charge in [0.05, 0.1) is 0 Å². The van der Waals surface area contributed by atoms with Gasteiger partial charge in [0, 0.05) is 86.6 Å². The maximum atomic E-state index is 11.5. The van der Waals surface area contributed by atoms with Crippen LogP contribution in [0.25, 0.3) is 11.1 Å². The first-order valence-corrected chi connectivity index (χ1v) is 11.2. The van der Waals surface area contributed by atoms with Crippen molar-refractivity contribution in [3.05, 3.63) is 46.4 Å². The molecule has 2 N–H and O–H groups in total. The molecular formula is C16H20Cl2O6S2Y2. The molecule has 0 amide bonds. The smallest absolute Gasteiger partial charge is 0.282 e. The summed E-state index contributed by atoms with van der Waals surface area (Å²) in [6.07, 6.45) is 0. The average molecular weight is 621 g/mol. The Balaban J connectivity index is -0.000000978. The van der Waals surface area contributed by atoms with E-state index in [-0.39, 0.29) is 86.6 Å². The Morgan fingerprint density at radius 1 is 0.643 bits per heavy atom. The monoisotopic (exact) mass is 620 g/mol. The van der Waals surface area contributed by atoms with E-state index >= 15 is 0 Å². The first-order valence-electron chi connectivity index (χ1n) is 7.54. The van der Waals surface area contributed by atoms with Gasteiger partial charge < -0.3 is 0 Å².